The minimum Gasteiger partial charge on any atom is -0.507 e. The number of anilines is 1. The summed E-state index contributed by atoms with van der Waals surface area (Å²) in [6.07, 6.45) is 0.775. The Hall–Kier alpha value is -1.89. The van der Waals surface area contributed by atoms with E-state index in [0.29, 0.717) is 17.0 Å². The largest absolute Gasteiger partial charge is 0.507 e. The fraction of sp³-hybridized carbons (Fsp3) is 0.400. The van der Waals surface area contributed by atoms with E-state index in [9.17, 15) is 14.4 Å². The number of rotatable bonds is 8. The maximum Gasteiger partial charge on any atom is 0.131 e. The zero-order valence-electron chi connectivity index (χ0n) is 15.8. The van der Waals surface area contributed by atoms with Gasteiger partial charge in [-0.1, -0.05) is 23.8 Å². The van der Waals surface area contributed by atoms with Crippen molar-refractivity contribution in [3.63, 3.8) is 0 Å². The van der Waals surface area contributed by atoms with Gasteiger partial charge >= 0.3 is 0 Å². The van der Waals surface area contributed by atoms with Crippen molar-refractivity contribution in [3.8, 4) is 5.75 Å². The van der Waals surface area contributed by atoms with Gasteiger partial charge in [0.25, 0.3) is 0 Å². The van der Waals surface area contributed by atoms with E-state index in [1.165, 1.54) is 17.9 Å². The summed E-state index contributed by atoms with van der Waals surface area (Å²) in [5.74, 6) is -0.0113. The molecule has 0 aliphatic rings. The summed E-state index contributed by atoms with van der Waals surface area (Å²) in [5, 5.41) is 23.5. The average Bonchev–Trinajstić information content (AvgIpc) is 2.60. The Kier molecular flexibility index (Phi) is 7.20. The van der Waals surface area contributed by atoms with Crippen molar-refractivity contribution in [1.29, 1.82) is 0 Å². The molecule has 2 aromatic rings. The summed E-state index contributed by atoms with van der Waals surface area (Å²) in [5.41, 5.74) is 3.02. The quantitative estimate of drug-likeness (QED) is 0.660. The zero-order valence-corrected chi connectivity index (χ0v) is 16.6. The maximum absolute atomic E-state index is 11.6. The van der Waals surface area contributed by atoms with E-state index in [4.69, 9.17) is 0 Å². The van der Waals surface area contributed by atoms with Gasteiger partial charge in [-0.05, 0) is 43.7 Å². The number of hydrogen-bond donors (Lipinski definition) is 3. The number of nitrogens with zero attached hydrogens (tertiary/aromatic N) is 1. The minimum absolute atomic E-state index is 0.0113. The van der Waals surface area contributed by atoms with Gasteiger partial charge in [0.1, 0.15) is 5.75 Å². The summed E-state index contributed by atoms with van der Waals surface area (Å²) in [6, 6.07) is 13.3. The highest BCUT2D eigenvalue weighted by Gasteiger charge is 2.14. The molecule has 6 heteroatoms. The fourth-order valence-electron chi connectivity index (χ4n) is 2.78. The molecule has 0 fully saturated rings. The third-order valence-corrected chi connectivity index (χ3v) is 5.31. The lowest BCUT2D eigenvalue weighted by atomic mass is 10.1. The maximum atomic E-state index is 11.6. The molecule has 0 bridgehead atoms. The number of phenols is 1. The van der Waals surface area contributed by atoms with Crippen LogP contribution in [0.5, 0.6) is 5.75 Å². The van der Waals surface area contributed by atoms with Gasteiger partial charge in [-0.15, -0.1) is 0 Å². The second-order valence-electron chi connectivity index (χ2n) is 6.72. The molecule has 2 aromatic carbocycles. The molecule has 0 spiro atoms. The Bertz CT molecular complexity index is 749. The molecule has 0 saturated carbocycles. The van der Waals surface area contributed by atoms with E-state index in [1.54, 1.807) is 12.1 Å². The SMILES string of the molecule is Cc1ccc(N(C)CC(C)NCC(O)c2ccc(O)c(S(C)=O)c2)cc1. The molecule has 0 radical (unpaired) electrons. The predicted molar refractivity (Wildman–Crippen MR) is 107 cm³/mol. The smallest absolute Gasteiger partial charge is 0.131 e. The average molecular weight is 377 g/mol. The Labute approximate surface area is 158 Å². The molecule has 3 atom stereocenters. The van der Waals surface area contributed by atoms with Crippen LogP contribution in [0.4, 0.5) is 5.69 Å². The first-order chi connectivity index (χ1) is 12.3. The lowest BCUT2D eigenvalue weighted by Crippen LogP contribution is -2.39. The van der Waals surface area contributed by atoms with Crippen LogP contribution < -0.4 is 10.2 Å². The van der Waals surface area contributed by atoms with Crippen molar-refractivity contribution in [1.82, 2.24) is 5.32 Å². The first-order valence-corrected chi connectivity index (χ1v) is 10.2. The number of nitrogens with one attached hydrogen (secondary N) is 1. The van der Waals surface area contributed by atoms with Gasteiger partial charge in [0.15, 0.2) is 0 Å². The number of aliphatic hydroxyl groups is 1. The summed E-state index contributed by atoms with van der Waals surface area (Å²) >= 11 is 0. The Morgan fingerprint density at radius 3 is 2.46 bits per heavy atom. The first-order valence-electron chi connectivity index (χ1n) is 8.63. The number of aliphatic hydroxyl groups excluding tert-OH is 1. The molecular formula is C20H28N2O3S. The number of aromatic hydroxyl groups is 1. The van der Waals surface area contributed by atoms with Crippen molar-refractivity contribution >= 4 is 16.5 Å². The van der Waals surface area contributed by atoms with Crippen molar-refractivity contribution in [3.05, 3.63) is 53.6 Å². The molecule has 26 heavy (non-hydrogen) atoms. The molecular weight excluding hydrogens is 348 g/mol. The second-order valence-corrected chi connectivity index (χ2v) is 8.07. The number of phenolic OH excluding ortho intramolecular Hbond substituents is 1. The number of benzene rings is 2. The van der Waals surface area contributed by atoms with Crippen LogP contribution in [0.3, 0.4) is 0 Å². The first kappa shape index (κ1) is 20.4. The van der Waals surface area contributed by atoms with Gasteiger partial charge in [0.2, 0.25) is 0 Å². The van der Waals surface area contributed by atoms with E-state index in [1.807, 2.05) is 7.05 Å². The van der Waals surface area contributed by atoms with Gasteiger partial charge in [0, 0.05) is 38.1 Å². The lowest BCUT2D eigenvalue weighted by molar-refractivity contribution is 0.170. The third kappa shape index (κ3) is 5.56. The van der Waals surface area contributed by atoms with Crippen LogP contribution in [0.25, 0.3) is 0 Å². The van der Waals surface area contributed by atoms with Crippen molar-refractivity contribution in [2.45, 2.75) is 30.9 Å². The monoisotopic (exact) mass is 376 g/mol. The highest BCUT2D eigenvalue weighted by atomic mass is 32.2. The molecule has 3 unspecified atom stereocenters. The number of hydrogen-bond acceptors (Lipinski definition) is 5. The standard InChI is InChI=1S/C20H28N2O3S/c1-14-5-8-17(9-6-14)22(3)13-15(2)21-12-19(24)16-7-10-18(23)20(11-16)26(4)25/h5-11,15,19,21,23-24H,12-13H2,1-4H3. The molecule has 5 nitrogen and oxygen atoms in total. The summed E-state index contributed by atoms with van der Waals surface area (Å²) < 4.78 is 11.6. The molecule has 0 heterocycles. The van der Waals surface area contributed by atoms with Gasteiger partial charge in [0.05, 0.1) is 21.8 Å². The predicted octanol–water partition coefficient (Wildman–Crippen LogP) is 2.59. The highest BCUT2D eigenvalue weighted by Crippen LogP contribution is 2.24. The topological polar surface area (TPSA) is 72.8 Å². The third-order valence-electron chi connectivity index (χ3n) is 4.36. The van der Waals surface area contributed by atoms with Crippen molar-refractivity contribution < 1.29 is 14.4 Å². The molecule has 0 amide bonds. The van der Waals surface area contributed by atoms with Gasteiger partial charge in [-0.2, -0.15) is 0 Å². The van der Waals surface area contributed by atoms with Crippen LogP contribution in [0, 0.1) is 6.92 Å². The molecule has 0 aromatic heterocycles. The molecule has 0 aliphatic carbocycles. The lowest BCUT2D eigenvalue weighted by Gasteiger charge is -2.25. The Morgan fingerprint density at radius 1 is 1.19 bits per heavy atom. The summed E-state index contributed by atoms with van der Waals surface area (Å²) in [6.45, 7) is 5.32. The molecule has 142 valence electrons. The van der Waals surface area contributed by atoms with E-state index in [0.717, 1.165) is 12.2 Å². The van der Waals surface area contributed by atoms with Gasteiger partial charge in [-0.25, -0.2) is 0 Å². The molecule has 2 rings (SSSR count). The number of likely N-dealkylation sites (N-methyl/N-ethyl adjacent to an activating group) is 1. The Balaban J connectivity index is 1.90. The van der Waals surface area contributed by atoms with Crippen LogP contribution in [0.1, 0.15) is 24.2 Å². The fourth-order valence-corrected chi connectivity index (χ4v) is 3.44. The number of aryl methyl sites for hydroxylation is 1. The van der Waals surface area contributed by atoms with Crippen LogP contribution in [0.15, 0.2) is 47.4 Å². The van der Waals surface area contributed by atoms with Crippen molar-refractivity contribution in [2.24, 2.45) is 0 Å². The Morgan fingerprint density at radius 2 is 1.85 bits per heavy atom. The van der Waals surface area contributed by atoms with Crippen LogP contribution >= 0.6 is 0 Å². The van der Waals surface area contributed by atoms with E-state index >= 15 is 0 Å². The van der Waals surface area contributed by atoms with Crippen LogP contribution in [-0.2, 0) is 10.8 Å². The minimum atomic E-state index is -1.30. The van der Waals surface area contributed by atoms with Crippen molar-refractivity contribution in [2.75, 3.05) is 31.3 Å². The van der Waals surface area contributed by atoms with Gasteiger partial charge in [-0.3, -0.25) is 4.21 Å². The van der Waals surface area contributed by atoms with Gasteiger partial charge < -0.3 is 20.4 Å². The molecule has 3 N–H and O–H groups in total. The molecule has 0 aliphatic heterocycles. The van der Waals surface area contributed by atoms with Crippen LogP contribution in [0.2, 0.25) is 0 Å². The summed E-state index contributed by atoms with van der Waals surface area (Å²) in [4.78, 5) is 2.51. The summed E-state index contributed by atoms with van der Waals surface area (Å²) in [7, 11) is 0.745. The van der Waals surface area contributed by atoms with Crippen LogP contribution in [-0.4, -0.2) is 46.9 Å². The molecule has 0 saturated heterocycles. The van der Waals surface area contributed by atoms with E-state index in [2.05, 4.69) is 48.3 Å². The zero-order chi connectivity index (χ0) is 19.3. The normalized spacial score (nSPS) is 14.7. The van der Waals surface area contributed by atoms with E-state index in [-0.39, 0.29) is 11.8 Å². The van der Waals surface area contributed by atoms with E-state index < -0.39 is 16.9 Å². The highest BCUT2D eigenvalue weighted by molar-refractivity contribution is 7.84. The second kappa shape index (κ2) is 9.16.